The molecule has 1 nitrogen and oxygen atoms in total. The molecule has 3 atom stereocenters. The Morgan fingerprint density at radius 3 is 2.59 bits per heavy atom. The topological polar surface area (TPSA) is 20.2 Å². The van der Waals surface area contributed by atoms with Crippen molar-refractivity contribution < 1.29 is 5.11 Å². The minimum atomic E-state index is -0.208. The van der Waals surface area contributed by atoms with E-state index in [0.29, 0.717) is 10.9 Å². The fourth-order valence-corrected chi connectivity index (χ4v) is 3.27. The van der Waals surface area contributed by atoms with E-state index >= 15 is 0 Å². The van der Waals surface area contributed by atoms with Gasteiger partial charge in [-0.05, 0) is 48.8 Å². The lowest BCUT2D eigenvalue weighted by Crippen LogP contribution is -2.28. The van der Waals surface area contributed by atoms with E-state index in [1.807, 2.05) is 13.0 Å². The first-order valence-corrected chi connectivity index (χ1v) is 6.90. The first-order chi connectivity index (χ1) is 8.00. The molecule has 0 aliphatic heterocycles. The molecular weight excluding hydrogens is 255 g/mol. The van der Waals surface area contributed by atoms with Gasteiger partial charge in [-0.3, -0.25) is 0 Å². The van der Waals surface area contributed by atoms with Gasteiger partial charge in [0.2, 0.25) is 0 Å². The van der Waals surface area contributed by atoms with Crippen LogP contribution in [0.25, 0.3) is 0 Å². The number of aliphatic hydroxyl groups excluding tert-OH is 1. The van der Waals surface area contributed by atoms with Crippen LogP contribution in [-0.2, 0) is 0 Å². The molecule has 0 aromatic heterocycles. The Morgan fingerprint density at radius 2 is 1.88 bits per heavy atom. The maximum absolute atomic E-state index is 9.96. The van der Waals surface area contributed by atoms with E-state index in [2.05, 4.69) is 13.0 Å². The summed E-state index contributed by atoms with van der Waals surface area (Å²) in [4.78, 5) is 0. The average molecular weight is 273 g/mol. The molecule has 94 valence electrons. The molecule has 1 saturated carbocycles. The predicted molar refractivity (Wildman–Crippen MR) is 73.0 cm³/mol. The van der Waals surface area contributed by atoms with Crippen LogP contribution in [0, 0.1) is 12.8 Å². The molecular formula is C14H18Cl2O. The second-order valence-corrected chi connectivity index (χ2v) is 5.90. The van der Waals surface area contributed by atoms with Crippen molar-refractivity contribution >= 4 is 23.2 Å². The van der Waals surface area contributed by atoms with Crippen molar-refractivity contribution in [3.05, 3.63) is 33.3 Å². The van der Waals surface area contributed by atoms with Gasteiger partial charge in [0.05, 0.1) is 6.10 Å². The zero-order valence-corrected chi connectivity index (χ0v) is 11.7. The monoisotopic (exact) mass is 272 g/mol. The standard InChI is InChI=1S/C14H18Cl2O/c1-8-6-11(13(16)7-12(8)15)10-4-3-5-14(17)9(10)2/h6-7,9-10,14,17H,3-5H2,1-2H3. The maximum atomic E-state index is 9.96. The second kappa shape index (κ2) is 5.17. The van der Waals surface area contributed by atoms with Crippen LogP contribution in [0.2, 0.25) is 10.0 Å². The van der Waals surface area contributed by atoms with Gasteiger partial charge in [0.1, 0.15) is 0 Å². The van der Waals surface area contributed by atoms with Gasteiger partial charge in [0.15, 0.2) is 0 Å². The van der Waals surface area contributed by atoms with Crippen molar-refractivity contribution in [3.63, 3.8) is 0 Å². The highest BCUT2D eigenvalue weighted by molar-refractivity contribution is 6.35. The van der Waals surface area contributed by atoms with Crippen LogP contribution in [0.15, 0.2) is 12.1 Å². The molecule has 0 amide bonds. The minimum Gasteiger partial charge on any atom is -0.393 e. The molecule has 1 aliphatic carbocycles. The molecule has 2 rings (SSSR count). The van der Waals surface area contributed by atoms with Crippen molar-refractivity contribution in [1.82, 2.24) is 0 Å². The Kier molecular flexibility index (Phi) is 4.02. The second-order valence-electron chi connectivity index (χ2n) is 5.09. The van der Waals surface area contributed by atoms with Crippen LogP contribution in [0.5, 0.6) is 0 Å². The predicted octanol–water partition coefficient (Wildman–Crippen LogP) is 4.57. The third kappa shape index (κ3) is 2.62. The van der Waals surface area contributed by atoms with Gasteiger partial charge >= 0.3 is 0 Å². The third-order valence-electron chi connectivity index (χ3n) is 3.93. The van der Waals surface area contributed by atoms with Crippen LogP contribution >= 0.6 is 23.2 Å². The SMILES string of the molecule is Cc1cc(C2CCCC(O)C2C)c(Cl)cc1Cl. The van der Waals surface area contributed by atoms with E-state index in [1.54, 1.807) is 0 Å². The van der Waals surface area contributed by atoms with Gasteiger partial charge in [-0.15, -0.1) is 0 Å². The van der Waals surface area contributed by atoms with Crippen LogP contribution in [0.3, 0.4) is 0 Å². The van der Waals surface area contributed by atoms with Crippen LogP contribution < -0.4 is 0 Å². The molecule has 1 aliphatic rings. The highest BCUT2D eigenvalue weighted by Gasteiger charge is 2.31. The smallest absolute Gasteiger partial charge is 0.0571 e. The molecule has 3 unspecified atom stereocenters. The number of hydrogen-bond acceptors (Lipinski definition) is 1. The van der Waals surface area contributed by atoms with Crippen LogP contribution in [-0.4, -0.2) is 11.2 Å². The lowest BCUT2D eigenvalue weighted by atomic mass is 9.74. The van der Waals surface area contributed by atoms with E-state index in [4.69, 9.17) is 23.2 Å². The van der Waals surface area contributed by atoms with E-state index in [-0.39, 0.29) is 12.0 Å². The minimum absolute atomic E-state index is 0.208. The fraction of sp³-hybridized carbons (Fsp3) is 0.571. The summed E-state index contributed by atoms with van der Waals surface area (Å²) < 4.78 is 0. The third-order valence-corrected chi connectivity index (χ3v) is 4.67. The van der Waals surface area contributed by atoms with E-state index in [1.165, 1.54) is 0 Å². The summed E-state index contributed by atoms with van der Waals surface area (Å²) >= 11 is 12.3. The van der Waals surface area contributed by atoms with Crippen molar-refractivity contribution in [1.29, 1.82) is 0 Å². The van der Waals surface area contributed by atoms with E-state index < -0.39 is 0 Å². The normalized spacial score (nSPS) is 29.4. The zero-order valence-electron chi connectivity index (χ0n) is 10.2. The summed E-state index contributed by atoms with van der Waals surface area (Å²) in [6, 6.07) is 3.89. The number of hydrogen-bond donors (Lipinski definition) is 1. The number of benzene rings is 1. The summed E-state index contributed by atoms with van der Waals surface area (Å²) in [7, 11) is 0. The summed E-state index contributed by atoms with van der Waals surface area (Å²) in [5, 5.41) is 11.4. The van der Waals surface area contributed by atoms with Crippen LogP contribution in [0.1, 0.15) is 43.2 Å². The fourth-order valence-electron chi connectivity index (χ4n) is 2.74. The van der Waals surface area contributed by atoms with Crippen LogP contribution in [0.4, 0.5) is 0 Å². The molecule has 1 aromatic rings. The molecule has 3 heteroatoms. The first-order valence-electron chi connectivity index (χ1n) is 6.14. The first kappa shape index (κ1) is 13.2. The average Bonchev–Trinajstić information content (AvgIpc) is 2.28. The number of aliphatic hydroxyl groups is 1. The molecule has 0 heterocycles. The zero-order chi connectivity index (χ0) is 12.6. The van der Waals surface area contributed by atoms with Gasteiger partial charge in [0.25, 0.3) is 0 Å². The molecule has 0 radical (unpaired) electrons. The lowest BCUT2D eigenvalue weighted by Gasteiger charge is -2.34. The van der Waals surface area contributed by atoms with Crippen molar-refractivity contribution in [2.24, 2.45) is 5.92 Å². The Hall–Kier alpha value is -0.240. The summed E-state index contributed by atoms with van der Waals surface area (Å²) in [6.45, 7) is 4.10. The van der Waals surface area contributed by atoms with Crippen molar-refractivity contribution in [2.75, 3.05) is 0 Å². The Morgan fingerprint density at radius 1 is 1.18 bits per heavy atom. The molecule has 1 fully saturated rings. The van der Waals surface area contributed by atoms with Crippen molar-refractivity contribution in [2.45, 2.75) is 45.1 Å². The Bertz CT molecular complexity index is 417. The Labute approximate surface area is 113 Å². The van der Waals surface area contributed by atoms with Gasteiger partial charge in [0, 0.05) is 10.0 Å². The highest BCUT2D eigenvalue weighted by Crippen LogP contribution is 2.41. The van der Waals surface area contributed by atoms with Gasteiger partial charge in [-0.1, -0.05) is 42.6 Å². The maximum Gasteiger partial charge on any atom is 0.0571 e. The number of aryl methyl sites for hydroxylation is 1. The quantitative estimate of drug-likeness (QED) is 0.794. The Balaban J connectivity index is 2.36. The molecule has 1 aromatic carbocycles. The molecule has 0 bridgehead atoms. The largest absolute Gasteiger partial charge is 0.393 e. The van der Waals surface area contributed by atoms with Gasteiger partial charge < -0.3 is 5.11 Å². The summed E-state index contributed by atoms with van der Waals surface area (Å²) in [6.07, 6.45) is 2.86. The molecule has 0 saturated heterocycles. The number of halogens is 2. The van der Waals surface area contributed by atoms with Gasteiger partial charge in [-0.2, -0.15) is 0 Å². The lowest BCUT2D eigenvalue weighted by molar-refractivity contribution is 0.0654. The molecule has 17 heavy (non-hydrogen) atoms. The van der Waals surface area contributed by atoms with Gasteiger partial charge in [-0.25, -0.2) is 0 Å². The van der Waals surface area contributed by atoms with E-state index in [0.717, 1.165) is 35.4 Å². The summed E-state index contributed by atoms with van der Waals surface area (Å²) in [5.41, 5.74) is 2.19. The van der Waals surface area contributed by atoms with E-state index in [9.17, 15) is 5.11 Å². The van der Waals surface area contributed by atoms with Crippen molar-refractivity contribution in [3.8, 4) is 0 Å². The molecule has 1 N–H and O–H groups in total. The summed E-state index contributed by atoms with van der Waals surface area (Å²) in [5.74, 6) is 0.615. The number of rotatable bonds is 1. The highest BCUT2D eigenvalue weighted by atomic mass is 35.5. The molecule has 0 spiro atoms.